The van der Waals surface area contributed by atoms with Crippen molar-refractivity contribution in [3.8, 4) is 34.0 Å². The lowest BCUT2D eigenvalue weighted by molar-refractivity contribution is 0.476. The Morgan fingerprint density at radius 2 is 1.05 bits per heavy atom. The molecule has 0 spiro atoms. The zero-order chi connectivity index (χ0) is 25.5. The lowest BCUT2D eigenvalue weighted by Gasteiger charge is -2.20. The molecule has 3 heteroatoms. The summed E-state index contributed by atoms with van der Waals surface area (Å²) in [6.45, 7) is 0. The minimum atomic E-state index is 0.885. The van der Waals surface area contributed by atoms with Crippen molar-refractivity contribution in [3.63, 3.8) is 0 Å². The van der Waals surface area contributed by atoms with Gasteiger partial charge in [-0.3, -0.25) is 0 Å². The third-order valence-corrected chi connectivity index (χ3v) is 8.12. The summed E-state index contributed by atoms with van der Waals surface area (Å²) in [5.41, 5.74) is 9.42. The summed E-state index contributed by atoms with van der Waals surface area (Å²) in [5.74, 6) is 1.78. The molecule has 0 atom stereocenters. The van der Waals surface area contributed by atoms with E-state index >= 15 is 0 Å². The molecule has 0 unspecified atom stereocenters. The van der Waals surface area contributed by atoms with Gasteiger partial charge in [-0.05, 0) is 59.7 Å². The molecule has 1 aliphatic rings. The van der Waals surface area contributed by atoms with E-state index in [1.165, 1.54) is 49.2 Å². The second-order valence-corrected chi connectivity index (χ2v) is 10.2. The summed E-state index contributed by atoms with van der Waals surface area (Å²) in [5, 5.41) is 5.01. The van der Waals surface area contributed by atoms with Gasteiger partial charge in [0.15, 0.2) is 11.5 Å². The largest absolute Gasteiger partial charge is 0.453 e. The van der Waals surface area contributed by atoms with Crippen LogP contribution in [0.25, 0.3) is 66.1 Å². The number of fused-ring (bicyclic) bond motifs is 8. The normalized spacial score (nSPS) is 12.3. The molecular formula is C36H22N2O. The van der Waals surface area contributed by atoms with E-state index in [1.807, 2.05) is 12.1 Å². The molecule has 2 aromatic heterocycles. The maximum Gasteiger partial charge on any atom is 0.152 e. The highest BCUT2D eigenvalue weighted by molar-refractivity contribution is 6.17. The Kier molecular flexibility index (Phi) is 4.05. The zero-order valence-electron chi connectivity index (χ0n) is 21.0. The van der Waals surface area contributed by atoms with Crippen molar-refractivity contribution in [3.05, 3.63) is 133 Å². The minimum Gasteiger partial charge on any atom is -0.453 e. The monoisotopic (exact) mass is 498 g/mol. The van der Waals surface area contributed by atoms with Gasteiger partial charge in [0.05, 0.1) is 27.8 Å². The van der Waals surface area contributed by atoms with Gasteiger partial charge in [-0.1, -0.05) is 84.9 Å². The first-order valence-electron chi connectivity index (χ1n) is 13.3. The van der Waals surface area contributed by atoms with Crippen LogP contribution in [0, 0.1) is 0 Å². The van der Waals surface area contributed by atoms with Crippen LogP contribution in [0.2, 0.25) is 0 Å². The quantitative estimate of drug-likeness (QED) is 0.232. The van der Waals surface area contributed by atoms with Crippen LogP contribution in [-0.2, 0) is 0 Å². The van der Waals surface area contributed by atoms with Gasteiger partial charge >= 0.3 is 0 Å². The predicted octanol–water partition coefficient (Wildman–Crippen LogP) is 9.65. The fourth-order valence-corrected chi connectivity index (χ4v) is 6.50. The third-order valence-electron chi connectivity index (χ3n) is 8.12. The summed E-state index contributed by atoms with van der Waals surface area (Å²) in [6.07, 6.45) is 0. The van der Waals surface area contributed by atoms with Crippen LogP contribution in [0.15, 0.2) is 133 Å². The first-order valence-corrected chi connectivity index (χ1v) is 13.3. The summed E-state index contributed by atoms with van der Waals surface area (Å²) in [6, 6.07) is 47.6. The second-order valence-electron chi connectivity index (χ2n) is 10.2. The van der Waals surface area contributed by atoms with Crippen LogP contribution in [0.3, 0.4) is 0 Å². The van der Waals surface area contributed by atoms with Gasteiger partial charge in [0, 0.05) is 27.2 Å². The maximum absolute atomic E-state index is 6.33. The van der Waals surface area contributed by atoms with Gasteiger partial charge in [-0.15, -0.1) is 0 Å². The van der Waals surface area contributed by atoms with Crippen LogP contribution in [0.1, 0.15) is 0 Å². The molecule has 0 amide bonds. The lowest BCUT2D eigenvalue weighted by atomic mass is 9.99. The number of rotatable bonds is 2. The predicted molar refractivity (Wildman–Crippen MR) is 161 cm³/mol. The van der Waals surface area contributed by atoms with Crippen molar-refractivity contribution in [2.45, 2.75) is 0 Å². The number of para-hydroxylation sites is 5. The molecule has 0 bridgehead atoms. The number of hydrogen-bond acceptors (Lipinski definition) is 1. The Balaban J connectivity index is 1.27. The molecule has 0 saturated heterocycles. The number of nitrogens with zero attached hydrogens (tertiary/aromatic N) is 2. The molecule has 39 heavy (non-hydrogen) atoms. The number of aromatic nitrogens is 2. The molecule has 1 aliphatic heterocycles. The van der Waals surface area contributed by atoms with Crippen LogP contribution >= 0.6 is 0 Å². The van der Waals surface area contributed by atoms with Gasteiger partial charge in [0.1, 0.15) is 0 Å². The summed E-state index contributed by atoms with van der Waals surface area (Å²) in [4.78, 5) is 0. The number of benzene rings is 6. The third kappa shape index (κ3) is 2.76. The summed E-state index contributed by atoms with van der Waals surface area (Å²) < 4.78 is 11.0. The molecule has 0 fully saturated rings. The van der Waals surface area contributed by atoms with Crippen LogP contribution in [-0.4, -0.2) is 9.13 Å². The average Bonchev–Trinajstić information content (AvgIpc) is 3.52. The van der Waals surface area contributed by atoms with Crippen molar-refractivity contribution in [2.24, 2.45) is 0 Å². The standard InChI is InChI=1S/C36H22N2O/c1-3-13-29-26(9-1)27-10-2-4-14-30(27)37(29)24-21-19-23(20-22-24)25-11-7-16-32-35(25)28-12-8-18-34-36(28)38(32)31-15-5-6-17-33(31)39-34/h1-22H. The van der Waals surface area contributed by atoms with Crippen molar-refractivity contribution in [1.29, 1.82) is 0 Å². The highest BCUT2D eigenvalue weighted by Gasteiger charge is 2.24. The maximum atomic E-state index is 6.33. The van der Waals surface area contributed by atoms with E-state index in [4.69, 9.17) is 4.74 Å². The molecule has 182 valence electrons. The smallest absolute Gasteiger partial charge is 0.152 e. The van der Waals surface area contributed by atoms with Crippen molar-refractivity contribution >= 4 is 43.6 Å². The molecule has 9 rings (SSSR count). The SMILES string of the molecule is c1ccc2c(c1)Oc1cccc3c4c(-c5ccc(-n6c7ccccc7c7ccccc76)cc5)cccc4n-2c13. The first kappa shape index (κ1) is 20.7. The topological polar surface area (TPSA) is 19.1 Å². The molecule has 0 N–H and O–H groups in total. The molecule has 0 saturated carbocycles. The van der Waals surface area contributed by atoms with Crippen molar-refractivity contribution < 1.29 is 4.74 Å². The van der Waals surface area contributed by atoms with Crippen molar-refractivity contribution in [2.75, 3.05) is 0 Å². The summed E-state index contributed by atoms with van der Waals surface area (Å²) >= 11 is 0. The zero-order valence-corrected chi connectivity index (χ0v) is 21.0. The highest BCUT2D eigenvalue weighted by atomic mass is 16.5. The van der Waals surface area contributed by atoms with Gasteiger partial charge in [-0.25, -0.2) is 0 Å². The van der Waals surface area contributed by atoms with Gasteiger partial charge in [0.25, 0.3) is 0 Å². The van der Waals surface area contributed by atoms with E-state index in [9.17, 15) is 0 Å². The molecule has 8 aromatic rings. The van der Waals surface area contributed by atoms with Gasteiger partial charge < -0.3 is 13.9 Å². The molecule has 0 aliphatic carbocycles. The first-order chi connectivity index (χ1) is 19.4. The second kappa shape index (κ2) is 7.62. The lowest BCUT2D eigenvalue weighted by Crippen LogP contribution is -2.03. The molecule has 0 radical (unpaired) electrons. The molecule has 3 nitrogen and oxygen atoms in total. The molecule has 3 heterocycles. The van der Waals surface area contributed by atoms with Gasteiger partial charge in [-0.2, -0.15) is 0 Å². The van der Waals surface area contributed by atoms with E-state index in [0.717, 1.165) is 28.4 Å². The fraction of sp³-hybridized carbons (Fsp3) is 0. The van der Waals surface area contributed by atoms with E-state index in [0.29, 0.717) is 0 Å². The van der Waals surface area contributed by atoms with Crippen LogP contribution in [0.5, 0.6) is 11.5 Å². The number of hydrogen-bond donors (Lipinski definition) is 0. The van der Waals surface area contributed by atoms with Crippen LogP contribution in [0.4, 0.5) is 0 Å². The van der Waals surface area contributed by atoms with Crippen LogP contribution < -0.4 is 4.74 Å². The Bertz CT molecular complexity index is 2200. The van der Waals surface area contributed by atoms with E-state index in [1.54, 1.807) is 0 Å². The molecule has 6 aromatic carbocycles. The fourth-order valence-electron chi connectivity index (χ4n) is 6.50. The Morgan fingerprint density at radius 3 is 1.85 bits per heavy atom. The Hall–Kier alpha value is -5.28. The Morgan fingerprint density at radius 1 is 0.436 bits per heavy atom. The molecular weight excluding hydrogens is 476 g/mol. The van der Waals surface area contributed by atoms with E-state index < -0.39 is 0 Å². The highest BCUT2D eigenvalue weighted by Crippen LogP contribution is 2.47. The van der Waals surface area contributed by atoms with Gasteiger partial charge in [0.2, 0.25) is 0 Å². The Labute approximate surface area is 224 Å². The van der Waals surface area contributed by atoms with E-state index in [2.05, 4.69) is 130 Å². The van der Waals surface area contributed by atoms with E-state index in [-0.39, 0.29) is 0 Å². The van der Waals surface area contributed by atoms with Crippen molar-refractivity contribution in [1.82, 2.24) is 9.13 Å². The number of ether oxygens (including phenoxy) is 1. The minimum absolute atomic E-state index is 0.885. The summed E-state index contributed by atoms with van der Waals surface area (Å²) in [7, 11) is 0. The average molecular weight is 499 g/mol.